The predicted molar refractivity (Wildman–Crippen MR) is 162 cm³/mol. The molecule has 0 heterocycles. The van der Waals surface area contributed by atoms with E-state index in [1.807, 2.05) is 0 Å². The molecule has 9 nitrogen and oxygen atoms in total. The second kappa shape index (κ2) is 15.1. The van der Waals surface area contributed by atoms with Crippen LogP contribution in [0.25, 0.3) is 0 Å². The summed E-state index contributed by atoms with van der Waals surface area (Å²) in [6.07, 6.45) is 3.19. The lowest BCUT2D eigenvalue weighted by molar-refractivity contribution is -0.142. The molecular weight excluding hydrogens is 658 g/mol. The molecule has 2 aliphatic rings. The lowest BCUT2D eigenvalue weighted by Crippen LogP contribution is -2.56. The number of ether oxygens (including phenoxy) is 2. The lowest BCUT2D eigenvalue weighted by Gasteiger charge is -2.41. The smallest absolute Gasteiger partial charge is 0.247 e. The molecule has 1 fully saturated rings. The minimum Gasteiger partial charge on any atom is -0.493 e. The fraction of sp³-hybridized carbons (Fsp3) is 0.484. The largest absolute Gasteiger partial charge is 0.493 e. The summed E-state index contributed by atoms with van der Waals surface area (Å²) >= 11 is 2.06. The number of rotatable bonds is 12. The monoisotopic (exact) mass is 696 g/mol. The molecule has 42 heavy (non-hydrogen) atoms. The molecule has 2 amide bonds. The summed E-state index contributed by atoms with van der Waals surface area (Å²) < 4.78 is 26.4. The summed E-state index contributed by atoms with van der Waals surface area (Å²) in [6, 6.07) is 8.79. The maximum absolute atomic E-state index is 13.9. The Bertz CT molecular complexity index is 1280. The number of carbonyl (C=O) groups is 2. The summed E-state index contributed by atoms with van der Waals surface area (Å²) in [5, 5.41) is 33.3. The molecule has 2 aromatic carbocycles. The zero-order valence-corrected chi connectivity index (χ0v) is 25.8. The van der Waals surface area contributed by atoms with Gasteiger partial charge in [-0.2, -0.15) is 0 Å². The highest BCUT2D eigenvalue weighted by Crippen LogP contribution is 2.38. The Morgan fingerprint density at radius 3 is 2.57 bits per heavy atom. The minimum atomic E-state index is -1.20. The van der Waals surface area contributed by atoms with Crippen molar-refractivity contribution in [1.82, 2.24) is 10.2 Å². The van der Waals surface area contributed by atoms with Crippen LogP contribution < -0.4 is 14.8 Å². The first kappa shape index (κ1) is 32.2. The Morgan fingerprint density at radius 1 is 1.14 bits per heavy atom. The number of amides is 2. The van der Waals surface area contributed by atoms with Gasteiger partial charge in [0.25, 0.3) is 0 Å². The normalized spacial score (nSPS) is 20.6. The number of nitrogens with one attached hydrogen (secondary N) is 1. The fourth-order valence-corrected chi connectivity index (χ4v) is 6.48. The zero-order valence-electron chi connectivity index (χ0n) is 23.6. The van der Waals surface area contributed by atoms with Crippen molar-refractivity contribution in [3.63, 3.8) is 0 Å². The minimum absolute atomic E-state index is 0.0492. The van der Waals surface area contributed by atoms with Crippen molar-refractivity contribution in [1.29, 1.82) is 0 Å². The lowest BCUT2D eigenvalue weighted by atomic mass is 9.87. The van der Waals surface area contributed by atoms with Crippen molar-refractivity contribution in [3.8, 4) is 11.5 Å². The average molecular weight is 697 g/mol. The number of benzene rings is 2. The van der Waals surface area contributed by atoms with E-state index in [4.69, 9.17) is 9.47 Å². The van der Waals surface area contributed by atoms with Gasteiger partial charge in [0.15, 0.2) is 11.5 Å². The van der Waals surface area contributed by atoms with Crippen molar-refractivity contribution in [3.05, 3.63) is 68.6 Å². The van der Waals surface area contributed by atoms with Gasteiger partial charge < -0.3 is 35.0 Å². The summed E-state index contributed by atoms with van der Waals surface area (Å²) in [7, 11) is 1.47. The molecule has 3 atom stereocenters. The molecule has 0 radical (unpaired) electrons. The van der Waals surface area contributed by atoms with Gasteiger partial charge in [-0.05, 0) is 83.3 Å². The van der Waals surface area contributed by atoms with E-state index in [1.165, 1.54) is 19.2 Å². The predicted octanol–water partition coefficient (Wildman–Crippen LogP) is 3.11. The third-order valence-electron chi connectivity index (χ3n) is 7.86. The van der Waals surface area contributed by atoms with Gasteiger partial charge in [-0.15, -0.1) is 0 Å². The Hall–Kier alpha value is -2.74. The third kappa shape index (κ3) is 7.80. The quantitative estimate of drug-likeness (QED) is 0.251. The maximum Gasteiger partial charge on any atom is 0.247 e. The molecular formula is C31H38FIN2O7. The van der Waals surface area contributed by atoms with Crippen LogP contribution in [0.4, 0.5) is 4.39 Å². The van der Waals surface area contributed by atoms with Crippen molar-refractivity contribution >= 4 is 34.4 Å². The number of nitrogens with zero attached hydrogens (tertiary/aromatic N) is 1. The SMILES string of the molecule is COc1cc(CO)cc(I)c1OC1C=C(C(=O)NCCO)CC(N(CCc2cccc(F)c2)C(=O)C2CCCC2)C1O. The summed E-state index contributed by atoms with van der Waals surface area (Å²) in [4.78, 5) is 28.7. The van der Waals surface area contributed by atoms with E-state index in [2.05, 4.69) is 27.9 Å². The Balaban J connectivity index is 1.69. The van der Waals surface area contributed by atoms with Crippen LogP contribution in [0.3, 0.4) is 0 Å². The molecule has 4 rings (SSSR count). The van der Waals surface area contributed by atoms with Crippen molar-refractivity contribution < 1.29 is 38.8 Å². The van der Waals surface area contributed by atoms with Gasteiger partial charge in [0.1, 0.15) is 18.0 Å². The highest BCUT2D eigenvalue weighted by molar-refractivity contribution is 14.1. The molecule has 4 N–H and O–H groups in total. The number of hydrogen-bond acceptors (Lipinski definition) is 7. The fourth-order valence-electron chi connectivity index (χ4n) is 5.68. The number of aliphatic hydroxyl groups excluding tert-OH is 3. The highest BCUT2D eigenvalue weighted by atomic mass is 127. The molecule has 3 unspecified atom stereocenters. The van der Waals surface area contributed by atoms with E-state index in [9.17, 15) is 29.3 Å². The van der Waals surface area contributed by atoms with Crippen molar-refractivity contribution in [2.75, 3.05) is 26.8 Å². The maximum atomic E-state index is 13.9. The number of hydrogen-bond donors (Lipinski definition) is 4. The highest BCUT2D eigenvalue weighted by Gasteiger charge is 2.42. The van der Waals surface area contributed by atoms with E-state index < -0.39 is 24.2 Å². The Morgan fingerprint density at radius 2 is 1.90 bits per heavy atom. The summed E-state index contributed by atoms with van der Waals surface area (Å²) in [5.74, 6) is -0.388. The number of carbonyl (C=O) groups excluding carboxylic acids is 2. The Kier molecular flexibility index (Phi) is 11.6. The number of halogens is 2. The number of aliphatic hydroxyl groups is 3. The van der Waals surface area contributed by atoms with Gasteiger partial charge in [0, 0.05) is 31.0 Å². The first-order valence-corrected chi connectivity index (χ1v) is 15.3. The van der Waals surface area contributed by atoms with Crippen LogP contribution in [0.5, 0.6) is 11.5 Å². The molecule has 0 aromatic heterocycles. The van der Waals surface area contributed by atoms with Crippen LogP contribution >= 0.6 is 22.6 Å². The first-order chi connectivity index (χ1) is 20.2. The van der Waals surface area contributed by atoms with Crippen LogP contribution in [0, 0.1) is 15.3 Å². The second-order valence-corrected chi connectivity index (χ2v) is 11.8. The average Bonchev–Trinajstić information content (AvgIpc) is 3.53. The molecule has 228 valence electrons. The molecule has 2 aliphatic carbocycles. The van der Waals surface area contributed by atoms with Crippen LogP contribution in [-0.4, -0.2) is 77.1 Å². The molecule has 1 saturated carbocycles. The van der Waals surface area contributed by atoms with E-state index >= 15 is 0 Å². The van der Waals surface area contributed by atoms with E-state index in [0.29, 0.717) is 32.6 Å². The molecule has 11 heteroatoms. The van der Waals surface area contributed by atoms with Crippen molar-refractivity contribution in [2.24, 2.45) is 5.92 Å². The zero-order chi connectivity index (χ0) is 30.2. The van der Waals surface area contributed by atoms with E-state index in [0.717, 1.165) is 31.2 Å². The van der Waals surface area contributed by atoms with Crippen LogP contribution in [-0.2, 0) is 22.6 Å². The number of methoxy groups -OCH3 is 1. The second-order valence-electron chi connectivity index (χ2n) is 10.7. The first-order valence-electron chi connectivity index (χ1n) is 14.2. The molecule has 0 bridgehead atoms. The van der Waals surface area contributed by atoms with Gasteiger partial charge in [0.2, 0.25) is 11.8 Å². The Labute approximate surface area is 258 Å². The van der Waals surface area contributed by atoms with E-state index in [-0.39, 0.29) is 50.4 Å². The van der Waals surface area contributed by atoms with Gasteiger partial charge in [0.05, 0.1) is 29.9 Å². The molecule has 2 aromatic rings. The van der Waals surface area contributed by atoms with Gasteiger partial charge in [-0.1, -0.05) is 25.0 Å². The molecule has 0 spiro atoms. The van der Waals surface area contributed by atoms with Gasteiger partial charge >= 0.3 is 0 Å². The molecule has 0 saturated heterocycles. The summed E-state index contributed by atoms with van der Waals surface area (Å²) in [5.41, 5.74) is 1.66. The topological polar surface area (TPSA) is 129 Å². The van der Waals surface area contributed by atoms with Crippen molar-refractivity contribution in [2.45, 2.75) is 63.4 Å². The van der Waals surface area contributed by atoms with Gasteiger partial charge in [-0.25, -0.2) is 4.39 Å². The molecule has 0 aliphatic heterocycles. The van der Waals surface area contributed by atoms with E-state index in [1.54, 1.807) is 35.2 Å². The summed E-state index contributed by atoms with van der Waals surface area (Å²) in [6.45, 7) is -0.157. The van der Waals surface area contributed by atoms with Gasteiger partial charge in [-0.3, -0.25) is 9.59 Å². The third-order valence-corrected chi connectivity index (χ3v) is 8.66. The van der Waals surface area contributed by atoms with Crippen LogP contribution in [0.1, 0.15) is 43.2 Å². The van der Waals surface area contributed by atoms with Crippen LogP contribution in [0.15, 0.2) is 48.0 Å². The van der Waals surface area contributed by atoms with Crippen LogP contribution in [0.2, 0.25) is 0 Å². The standard InChI is InChI=1S/C31H38FIN2O7/c1-41-27-15-20(18-37)14-24(33)29(27)42-26-17-22(30(39)34-10-12-36)16-25(28(26)38)35(31(40)21-6-2-3-7-21)11-9-19-5-4-8-23(32)13-19/h4-5,8,13-15,17,21,25-26,28,36-38H,2-3,6-7,9-12,16,18H2,1H3,(H,34,39).